The first kappa shape index (κ1) is 19.5. The minimum absolute atomic E-state index is 0.140. The van der Waals surface area contributed by atoms with E-state index in [2.05, 4.69) is 4.99 Å². The van der Waals surface area contributed by atoms with Crippen LogP contribution in [0.3, 0.4) is 0 Å². The van der Waals surface area contributed by atoms with Crippen LogP contribution in [0.15, 0.2) is 89.9 Å². The number of ether oxygens (including phenoxy) is 1. The first-order valence-electron chi connectivity index (χ1n) is 9.62. The fraction of sp³-hybridized carbons (Fsp3) is 0.125. The number of rotatable bonds is 5. The number of hydrogen-bond acceptors (Lipinski definition) is 5. The van der Waals surface area contributed by atoms with Gasteiger partial charge in [0.2, 0.25) is 0 Å². The van der Waals surface area contributed by atoms with E-state index in [1.165, 1.54) is 4.90 Å². The number of carbonyl (C=O) groups is 2. The molecule has 6 nitrogen and oxygen atoms in total. The van der Waals surface area contributed by atoms with Crippen molar-refractivity contribution in [2.75, 3.05) is 11.4 Å². The number of para-hydroxylation sites is 1. The number of amides is 1. The molecule has 150 valence electrons. The first-order valence-corrected chi connectivity index (χ1v) is 9.62. The van der Waals surface area contributed by atoms with Gasteiger partial charge in [-0.3, -0.25) is 19.5 Å². The average molecular weight is 399 g/mol. The molecule has 1 amide bonds. The maximum Gasteiger partial charge on any atom is 0.326 e. The molecule has 1 atom stereocenters. The summed E-state index contributed by atoms with van der Waals surface area (Å²) in [6.45, 7) is -0.102. The van der Waals surface area contributed by atoms with Gasteiger partial charge in [0.15, 0.2) is 6.17 Å². The topological polar surface area (TPSA) is 85.0 Å². The van der Waals surface area contributed by atoms with E-state index in [1.807, 2.05) is 78.9 Å². The van der Waals surface area contributed by atoms with Gasteiger partial charge in [-0.1, -0.05) is 78.9 Å². The molecule has 0 saturated carbocycles. The molecule has 0 aromatic heterocycles. The third-order valence-electron chi connectivity index (χ3n) is 4.81. The predicted octanol–water partition coefficient (Wildman–Crippen LogP) is 2.90. The fourth-order valence-corrected chi connectivity index (χ4v) is 3.35. The van der Waals surface area contributed by atoms with E-state index < -0.39 is 18.0 Å². The largest absolute Gasteiger partial charge is 0.459 e. The summed E-state index contributed by atoms with van der Waals surface area (Å²) in [6.07, 6.45) is -1.12. The molecule has 0 bridgehead atoms. The first-order chi connectivity index (χ1) is 14.6. The van der Waals surface area contributed by atoms with Crippen LogP contribution in [0.25, 0.3) is 0 Å². The van der Waals surface area contributed by atoms with Crippen molar-refractivity contribution in [3.8, 4) is 0 Å². The van der Waals surface area contributed by atoms with Gasteiger partial charge >= 0.3 is 5.97 Å². The summed E-state index contributed by atoms with van der Waals surface area (Å²) in [5, 5.41) is 0. The number of nitrogens with two attached hydrogens (primary N) is 1. The summed E-state index contributed by atoms with van der Waals surface area (Å²) in [5.41, 5.74) is 9.74. The number of benzene rings is 3. The maximum absolute atomic E-state index is 13.0. The number of hydrogen-bond donors (Lipinski definition) is 1. The van der Waals surface area contributed by atoms with Crippen molar-refractivity contribution in [3.63, 3.8) is 0 Å². The lowest BCUT2D eigenvalue weighted by molar-refractivity contribution is -0.144. The molecule has 1 aliphatic heterocycles. The molecular weight excluding hydrogens is 378 g/mol. The Bertz CT molecular complexity index is 1080. The summed E-state index contributed by atoms with van der Waals surface area (Å²) in [7, 11) is 0. The SMILES string of the molecule is N[C@H]1N=C(c2ccccc2)c2ccccc2N(CC(=O)OCc2ccccc2)C1=O. The van der Waals surface area contributed by atoms with Crippen molar-refractivity contribution in [1.29, 1.82) is 0 Å². The van der Waals surface area contributed by atoms with Gasteiger partial charge in [0.1, 0.15) is 13.2 Å². The Hall–Kier alpha value is -3.77. The normalized spacial score (nSPS) is 15.8. The van der Waals surface area contributed by atoms with Crippen molar-refractivity contribution in [2.45, 2.75) is 12.8 Å². The van der Waals surface area contributed by atoms with E-state index in [9.17, 15) is 9.59 Å². The molecule has 0 aliphatic carbocycles. The van der Waals surface area contributed by atoms with Gasteiger partial charge < -0.3 is 10.5 Å². The summed E-state index contributed by atoms with van der Waals surface area (Å²) in [6, 6.07) is 26.3. The number of carbonyl (C=O) groups excluding carboxylic acids is 2. The molecular formula is C24H21N3O3. The fourth-order valence-electron chi connectivity index (χ4n) is 3.35. The van der Waals surface area contributed by atoms with Gasteiger partial charge in [-0.15, -0.1) is 0 Å². The Morgan fingerprint density at radius 3 is 2.30 bits per heavy atom. The molecule has 3 aromatic rings. The predicted molar refractivity (Wildman–Crippen MR) is 115 cm³/mol. The lowest BCUT2D eigenvalue weighted by atomic mass is 10.0. The molecule has 6 heteroatoms. The standard InChI is InChI=1S/C24H21N3O3/c25-23-24(29)27(15-21(28)30-16-17-9-3-1-4-10-17)20-14-8-7-13-19(20)22(26-23)18-11-5-2-6-12-18/h1-14,23H,15-16,25H2/t23-/m0/s1. The molecule has 0 unspecified atom stereocenters. The second-order valence-corrected chi connectivity index (χ2v) is 6.88. The maximum atomic E-state index is 13.0. The van der Waals surface area contributed by atoms with Gasteiger partial charge in [-0.2, -0.15) is 0 Å². The molecule has 3 aromatic carbocycles. The highest BCUT2D eigenvalue weighted by atomic mass is 16.5. The highest BCUT2D eigenvalue weighted by molar-refractivity contribution is 6.20. The third-order valence-corrected chi connectivity index (χ3v) is 4.81. The van der Waals surface area contributed by atoms with Gasteiger partial charge in [0, 0.05) is 11.1 Å². The molecule has 0 spiro atoms. The van der Waals surface area contributed by atoms with E-state index >= 15 is 0 Å². The molecule has 4 rings (SSSR count). The highest BCUT2D eigenvalue weighted by Gasteiger charge is 2.31. The Kier molecular flexibility index (Phi) is 5.68. The van der Waals surface area contributed by atoms with E-state index in [-0.39, 0.29) is 13.2 Å². The van der Waals surface area contributed by atoms with E-state index in [0.717, 1.165) is 16.7 Å². The van der Waals surface area contributed by atoms with Crippen molar-refractivity contribution in [1.82, 2.24) is 0 Å². The van der Waals surface area contributed by atoms with Gasteiger partial charge in [0.25, 0.3) is 5.91 Å². The number of benzodiazepines with no additional fused rings is 1. The number of anilines is 1. The highest BCUT2D eigenvalue weighted by Crippen LogP contribution is 2.27. The average Bonchev–Trinajstić information content (AvgIpc) is 2.89. The summed E-state index contributed by atoms with van der Waals surface area (Å²) in [5.74, 6) is -0.970. The van der Waals surface area contributed by atoms with E-state index in [0.29, 0.717) is 11.4 Å². The zero-order valence-corrected chi connectivity index (χ0v) is 16.3. The zero-order chi connectivity index (χ0) is 20.9. The van der Waals surface area contributed by atoms with Crippen molar-refractivity contribution < 1.29 is 14.3 Å². The van der Waals surface area contributed by atoms with Crippen LogP contribution in [0.1, 0.15) is 16.7 Å². The van der Waals surface area contributed by atoms with Crippen LogP contribution in [-0.4, -0.2) is 30.3 Å². The van der Waals surface area contributed by atoms with Crippen LogP contribution in [0, 0.1) is 0 Å². The van der Waals surface area contributed by atoms with Crippen LogP contribution in [0.2, 0.25) is 0 Å². The van der Waals surface area contributed by atoms with E-state index in [4.69, 9.17) is 10.5 Å². The number of nitrogens with zero attached hydrogens (tertiary/aromatic N) is 2. The minimum Gasteiger partial charge on any atom is -0.459 e. The monoisotopic (exact) mass is 399 g/mol. The summed E-state index contributed by atoms with van der Waals surface area (Å²) >= 11 is 0. The molecule has 0 radical (unpaired) electrons. The minimum atomic E-state index is -1.12. The van der Waals surface area contributed by atoms with Gasteiger partial charge in [-0.25, -0.2) is 0 Å². The Morgan fingerprint density at radius 2 is 1.57 bits per heavy atom. The Balaban J connectivity index is 1.62. The number of fused-ring (bicyclic) bond motifs is 1. The van der Waals surface area contributed by atoms with Crippen LogP contribution >= 0.6 is 0 Å². The third kappa shape index (κ3) is 4.14. The molecule has 30 heavy (non-hydrogen) atoms. The van der Waals surface area contributed by atoms with Crippen LogP contribution in [-0.2, 0) is 20.9 Å². The van der Waals surface area contributed by atoms with Crippen molar-refractivity contribution in [3.05, 3.63) is 102 Å². The van der Waals surface area contributed by atoms with Crippen molar-refractivity contribution >= 4 is 23.3 Å². The molecule has 0 saturated heterocycles. The zero-order valence-electron chi connectivity index (χ0n) is 16.3. The lowest BCUT2D eigenvalue weighted by Gasteiger charge is -2.23. The Labute approximate surface area is 174 Å². The van der Waals surface area contributed by atoms with Crippen LogP contribution in [0.5, 0.6) is 0 Å². The van der Waals surface area contributed by atoms with Crippen LogP contribution < -0.4 is 10.6 Å². The summed E-state index contributed by atoms with van der Waals surface area (Å²) in [4.78, 5) is 31.3. The molecule has 1 aliphatic rings. The summed E-state index contributed by atoms with van der Waals surface area (Å²) < 4.78 is 5.37. The molecule has 2 N–H and O–H groups in total. The van der Waals surface area contributed by atoms with E-state index in [1.54, 1.807) is 6.07 Å². The Morgan fingerprint density at radius 1 is 0.933 bits per heavy atom. The second-order valence-electron chi connectivity index (χ2n) is 6.88. The number of aliphatic imine (C=N–C) groups is 1. The van der Waals surface area contributed by atoms with Crippen molar-refractivity contribution in [2.24, 2.45) is 10.7 Å². The smallest absolute Gasteiger partial charge is 0.326 e. The second kappa shape index (κ2) is 8.71. The molecule has 0 fully saturated rings. The lowest BCUT2D eigenvalue weighted by Crippen LogP contribution is -2.45. The van der Waals surface area contributed by atoms with Gasteiger partial charge in [-0.05, 0) is 11.6 Å². The quantitative estimate of drug-likeness (QED) is 0.669. The number of esters is 1. The molecule has 1 heterocycles. The van der Waals surface area contributed by atoms with Crippen LogP contribution in [0.4, 0.5) is 5.69 Å². The van der Waals surface area contributed by atoms with Gasteiger partial charge in [0.05, 0.1) is 11.4 Å².